The van der Waals surface area contributed by atoms with Gasteiger partial charge < -0.3 is 9.15 Å². The molecule has 0 saturated heterocycles. The molecule has 3 aromatic carbocycles. The molecular weight excluding hydrogens is 283 g/mol. The minimum absolute atomic E-state index is 0.239. The fourth-order valence-corrected chi connectivity index (χ4v) is 2.75. The summed E-state index contributed by atoms with van der Waals surface area (Å²) >= 11 is 0. The van der Waals surface area contributed by atoms with Crippen LogP contribution in [0.25, 0.3) is 32.7 Å². The maximum Gasteiger partial charge on any atom is 0.201 e. The van der Waals surface area contributed by atoms with Crippen LogP contribution in [0.4, 0.5) is 4.39 Å². The first-order valence-electron chi connectivity index (χ1n) is 6.80. The summed E-state index contributed by atoms with van der Waals surface area (Å²) in [7, 11) is 1.57. The average Bonchev–Trinajstić information content (AvgIpc) is 2.54. The Morgan fingerprint density at radius 2 is 1.73 bits per heavy atom. The molecule has 4 aromatic rings. The smallest absolute Gasteiger partial charge is 0.201 e. The third kappa shape index (κ3) is 1.77. The number of halogens is 1. The van der Waals surface area contributed by atoms with Gasteiger partial charge in [-0.25, -0.2) is 4.39 Å². The van der Waals surface area contributed by atoms with E-state index in [1.54, 1.807) is 19.2 Å². The Balaban J connectivity index is 2.27. The topological polar surface area (TPSA) is 39.4 Å². The minimum atomic E-state index is -0.461. The van der Waals surface area contributed by atoms with Gasteiger partial charge in [-0.15, -0.1) is 0 Å². The molecule has 0 saturated carbocycles. The van der Waals surface area contributed by atoms with Crippen LogP contribution in [0.15, 0.2) is 57.7 Å². The van der Waals surface area contributed by atoms with E-state index in [2.05, 4.69) is 0 Å². The van der Waals surface area contributed by atoms with Crippen molar-refractivity contribution in [2.45, 2.75) is 0 Å². The van der Waals surface area contributed by atoms with Crippen LogP contribution in [0, 0.1) is 5.82 Å². The zero-order chi connectivity index (χ0) is 15.3. The first-order valence-corrected chi connectivity index (χ1v) is 6.80. The van der Waals surface area contributed by atoms with Crippen molar-refractivity contribution >= 4 is 32.7 Å². The monoisotopic (exact) mass is 294 g/mol. The normalized spacial score (nSPS) is 11.4. The molecule has 0 aliphatic rings. The Morgan fingerprint density at radius 1 is 0.955 bits per heavy atom. The molecule has 0 atom stereocenters. The van der Waals surface area contributed by atoms with Crippen molar-refractivity contribution in [2.75, 3.05) is 7.11 Å². The van der Waals surface area contributed by atoms with Crippen molar-refractivity contribution in [3.05, 3.63) is 64.6 Å². The lowest BCUT2D eigenvalue weighted by atomic mass is 10.0. The van der Waals surface area contributed by atoms with E-state index < -0.39 is 5.82 Å². The van der Waals surface area contributed by atoms with Gasteiger partial charge in [0, 0.05) is 5.39 Å². The highest BCUT2D eigenvalue weighted by Crippen LogP contribution is 2.29. The van der Waals surface area contributed by atoms with Gasteiger partial charge in [-0.05, 0) is 41.8 Å². The molecule has 0 spiro atoms. The Bertz CT molecular complexity index is 1100. The molecule has 0 N–H and O–H groups in total. The molecule has 1 heterocycles. The first-order chi connectivity index (χ1) is 10.7. The van der Waals surface area contributed by atoms with Gasteiger partial charge in [-0.2, -0.15) is 0 Å². The lowest BCUT2D eigenvalue weighted by Gasteiger charge is -2.07. The van der Waals surface area contributed by atoms with Crippen LogP contribution < -0.4 is 10.2 Å². The van der Waals surface area contributed by atoms with Gasteiger partial charge in [-0.1, -0.05) is 12.1 Å². The number of rotatable bonds is 1. The van der Waals surface area contributed by atoms with Crippen molar-refractivity contribution in [1.29, 1.82) is 0 Å². The summed E-state index contributed by atoms with van der Waals surface area (Å²) in [5, 5.41) is 2.31. The number of hydrogen-bond acceptors (Lipinski definition) is 3. The van der Waals surface area contributed by atoms with E-state index in [0.29, 0.717) is 22.3 Å². The van der Waals surface area contributed by atoms with E-state index in [9.17, 15) is 9.18 Å². The number of ether oxygens (including phenoxy) is 1. The van der Waals surface area contributed by atoms with Gasteiger partial charge in [0.05, 0.1) is 17.9 Å². The molecule has 4 rings (SSSR count). The molecule has 4 heteroatoms. The van der Waals surface area contributed by atoms with Crippen LogP contribution in [-0.4, -0.2) is 7.11 Å². The lowest BCUT2D eigenvalue weighted by Crippen LogP contribution is -2.03. The summed E-state index contributed by atoms with van der Waals surface area (Å²) < 4.78 is 24.4. The highest BCUT2D eigenvalue weighted by molar-refractivity contribution is 6.08. The van der Waals surface area contributed by atoms with Crippen LogP contribution >= 0.6 is 0 Å². The molecule has 0 radical (unpaired) electrons. The zero-order valence-corrected chi connectivity index (χ0v) is 11.7. The zero-order valence-electron chi connectivity index (χ0n) is 11.7. The minimum Gasteiger partial charge on any atom is -0.497 e. The van der Waals surface area contributed by atoms with Gasteiger partial charge in [0.15, 0.2) is 0 Å². The molecule has 22 heavy (non-hydrogen) atoms. The standard InChI is InChI=1S/C18H11FO3/c1-21-12-5-2-10-3-6-16-17(13(10)9-12)18(20)14-8-11(19)4-7-15(14)22-16/h2-9H,1H3. The third-order valence-electron chi connectivity index (χ3n) is 3.82. The second-order valence-electron chi connectivity index (χ2n) is 5.10. The average molecular weight is 294 g/mol. The second-order valence-corrected chi connectivity index (χ2v) is 5.10. The molecule has 3 nitrogen and oxygen atoms in total. The van der Waals surface area contributed by atoms with E-state index in [1.165, 1.54) is 18.2 Å². The maximum absolute atomic E-state index is 13.4. The van der Waals surface area contributed by atoms with Crippen molar-refractivity contribution in [3.63, 3.8) is 0 Å². The van der Waals surface area contributed by atoms with E-state index in [4.69, 9.17) is 9.15 Å². The highest BCUT2D eigenvalue weighted by atomic mass is 19.1. The molecule has 0 bridgehead atoms. The Hall–Kier alpha value is -2.88. The van der Waals surface area contributed by atoms with Crippen LogP contribution in [-0.2, 0) is 0 Å². The van der Waals surface area contributed by atoms with Crippen LogP contribution in [0.5, 0.6) is 5.75 Å². The number of fused-ring (bicyclic) bond motifs is 4. The summed E-state index contributed by atoms with van der Waals surface area (Å²) in [6.07, 6.45) is 0. The van der Waals surface area contributed by atoms with Crippen LogP contribution in [0.2, 0.25) is 0 Å². The van der Waals surface area contributed by atoms with E-state index >= 15 is 0 Å². The molecule has 0 aliphatic carbocycles. The van der Waals surface area contributed by atoms with E-state index in [0.717, 1.165) is 10.8 Å². The number of hydrogen-bond donors (Lipinski definition) is 0. The Kier molecular flexibility index (Phi) is 2.66. The van der Waals surface area contributed by atoms with Gasteiger partial charge in [0.1, 0.15) is 22.7 Å². The van der Waals surface area contributed by atoms with Crippen molar-refractivity contribution < 1.29 is 13.5 Å². The molecule has 1 aromatic heterocycles. The summed E-state index contributed by atoms with van der Waals surface area (Å²) in [5.74, 6) is 0.190. The number of benzene rings is 3. The van der Waals surface area contributed by atoms with E-state index in [-0.39, 0.29) is 10.8 Å². The van der Waals surface area contributed by atoms with Gasteiger partial charge >= 0.3 is 0 Å². The fourth-order valence-electron chi connectivity index (χ4n) is 2.75. The summed E-state index contributed by atoms with van der Waals surface area (Å²) in [4.78, 5) is 12.8. The van der Waals surface area contributed by atoms with Gasteiger partial charge in [-0.3, -0.25) is 4.79 Å². The van der Waals surface area contributed by atoms with Crippen LogP contribution in [0.1, 0.15) is 0 Å². The predicted molar refractivity (Wildman–Crippen MR) is 84.0 cm³/mol. The lowest BCUT2D eigenvalue weighted by molar-refractivity contribution is 0.415. The summed E-state index contributed by atoms with van der Waals surface area (Å²) in [5.41, 5.74) is 0.612. The predicted octanol–water partition coefficient (Wildman–Crippen LogP) is 4.25. The summed E-state index contributed by atoms with van der Waals surface area (Å²) in [6.45, 7) is 0. The highest BCUT2D eigenvalue weighted by Gasteiger charge is 2.12. The second kappa shape index (κ2) is 4.56. The summed E-state index contributed by atoms with van der Waals surface area (Å²) in [6, 6.07) is 13.1. The number of methoxy groups -OCH3 is 1. The molecule has 108 valence electrons. The first kappa shape index (κ1) is 12.8. The SMILES string of the molecule is COc1ccc2ccc3oc4ccc(F)cc4c(=O)c3c2c1. The van der Waals surface area contributed by atoms with Gasteiger partial charge in [0.25, 0.3) is 0 Å². The quantitative estimate of drug-likeness (QED) is 0.389. The van der Waals surface area contributed by atoms with Crippen molar-refractivity contribution in [2.24, 2.45) is 0 Å². The molecular formula is C18H11FO3. The molecule has 0 unspecified atom stereocenters. The van der Waals surface area contributed by atoms with Crippen molar-refractivity contribution in [1.82, 2.24) is 0 Å². The van der Waals surface area contributed by atoms with E-state index in [1.807, 2.05) is 18.2 Å². The Morgan fingerprint density at radius 3 is 2.55 bits per heavy atom. The van der Waals surface area contributed by atoms with Crippen LogP contribution in [0.3, 0.4) is 0 Å². The Labute approximate surface area is 124 Å². The molecule has 0 aliphatic heterocycles. The maximum atomic E-state index is 13.4. The van der Waals surface area contributed by atoms with Gasteiger partial charge in [0.2, 0.25) is 5.43 Å². The largest absolute Gasteiger partial charge is 0.497 e. The third-order valence-corrected chi connectivity index (χ3v) is 3.82. The fraction of sp³-hybridized carbons (Fsp3) is 0.0556. The molecule has 0 fully saturated rings. The van der Waals surface area contributed by atoms with Crippen molar-refractivity contribution in [3.8, 4) is 5.75 Å². The molecule has 0 amide bonds.